The largest absolute Gasteiger partial charge is 0.330 e. The Morgan fingerprint density at radius 3 is 2.50 bits per heavy atom. The molecule has 1 unspecified atom stereocenters. The number of rotatable bonds is 6. The van der Waals surface area contributed by atoms with Crippen molar-refractivity contribution in [2.24, 2.45) is 10.8 Å². The van der Waals surface area contributed by atoms with Crippen LogP contribution in [0.2, 0.25) is 0 Å². The molecule has 3 aromatic rings. The molecule has 4 rings (SSSR count). The maximum absolute atomic E-state index is 14.5. The van der Waals surface area contributed by atoms with Crippen LogP contribution in [0.1, 0.15) is 29.0 Å². The summed E-state index contributed by atoms with van der Waals surface area (Å²) in [5.41, 5.74) is 7.42. The van der Waals surface area contributed by atoms with E-state index in [1.54, 1.807) is 23.9 Å². The van der Waals surface area contributed by atoms with Crippen LogP contribution < -0.4 is 10.7 Å². The highest BCUT2D eigenvalue weighted by Gasteiger charge is 2.47. The van der Waals surface area contributed by atoms with Crippen molar-refractivity contribution in [1.82, 2.24) is 10.2 Å². The van der Waals surface area contributed by atoms with Crippen molar-refractivity contribution < 1.29 is 4.39 Å². The topological polar surface area (TPSA) is 67.4 Å². The highest BCUT2D eigenvalue weighted by atomic mass is 32.2. The van der Waals surface area contributed by atoms with E-state index in [1.807, 2.05) is 36.2 Å². The van der Waals surface area contributed by atoms with Gasteiger partial charge in [0, 0.05) is 5.56 Å². The van der Waals surface area contributed by atoms with Gasteiger partial charge >= 0.3 is 0 Å². The van der Waals surface area contributed by atoms with Gasteiger partial charge < -0.3 is 5.73 Å². The predicted molar refractivity (Wildman–Crippen MR) is 114 cm³/mol. The molecule has 28 heavy (non-hydrogen) atoms. The van der Waals surface area contributed by atoms with Gasteiger partial charge in [-0.05, 0) is 44.0 Å². The molecule has 1 aliphatic rings. The third kappa shape index (κ3) is 3.43. The van der Waals surface area contributed by atoms with Crippen LogP contribution in [0, 0.1) is 12.7 Å². The summed E-state index contributed by atoms with van der Waals surface area (Å²) in [6.45, 7) is 2.48. The van der Waals surface area contributed by atoms with Crippen LogP contribution in [0.15, 0.2) is 59.7 Å². The van der Waals surface area contributed by atoms with E-state index in [0.717, 1.165) is 23.4 Å². The Hall–Kier alpha value is -2.29. The number of thioether (sulfide) groups is 1. The lowest BCUT2D eigenvalue weighted by Crippen LogP contribution is -2.38. The summed E-state index contributed by atoms with van der Waals surface area (Å²) >= 11 is 3.03. The van der Waals surface area contributed by atoms with Gasteiger partial charge in [0.15, 0.2) is 0 Å². The number of halogens is 1. The zero-order valence-corrected chi connectivity index (χ0v) is 17.0. The minimum absolute atomic E-state index is 0.287. The fourth-order valence-corrected chi connectivity index (χ4v) is 5.43. The quantitative estimate of drug-likeness (QED) is 0.645. The van der Waals surface area contributed by atoms with Gasteiger partial charge in [-0.25, -0.2) is 9.40 Å². The Morgan fingerprint density at radius 2 is 1.82 bits per heavy atom. The average molecular weight is 414 g/mol. The zero-order valence-electron chi connectivity index (χ0n) is 15.4. The van der Waals surface area contributed by atoms with Crippen molar-refractivity contribution >= 4 is 33.3 Å². The molecule has 0 saturated carbocycles. The van der Waals surface area contributed by atoms with Crippen molar-refractivity contribution in [1.29, 1.82) is 0 Å². The molecule has 1 aromatic heterocycles. The highest BCUT2D eigenvalue weighted by Crippen LogP contribution is 2.52. The summed E-state index contributed by atoms with van der Waals surface area (Å²) < 4.78 is 14.5. The Kier molecular flexibility index (Phi) is 5.43. The SMILES string of the molecule is Cc1nnc(N2N=C(c3ccccc3F)SC2(CCCN)c2ccccc2)s1. The van der Waals surface area contributed by atoms with Crippen molar-refractivity contribution in [3.05, 3.63) is 76.5 Å². The summed E-state index contributed by atoms with van der Waals surface area (Å²) in [5.74, 6) is -0.287. The molecule has 144 valence electrons. The molecule has 5 nitrogen and oxygen atoms in total. The number of nitrogens with two attached hydrogens (primary N) is 1. The highest BCUT2D eigenvalue weighted by molar-refractivity contribution is 8.15. The summed E-state index contributed by atoms with van der Waals surface area (Å²) in [5, 5.41) is 17.4. The molecule has 2 N–H and O–H groups in total. The maximum Gasteiger partial charge on any atom is 0.230 e. The van der Waals surface area contributed by atoms with Crippen molar-refractivity contribution in [3.63, 3.8) is 0 Å². The first-order valence-corrected chi connectivity index (χ1v) is 10.7. The van der Waals surface area contributed by atoms with Gasteiger partial charge in [0.1, 0.15) is 20.7 Å². The number of hydrogen-bond donors (Lipinski definition) is 1. The summed E-state index contributed by atoms with van der Waals surface area (Å²) in [6.07, 6.45) is 1.55. The number of nitrogens with zero attached hydrogens (tertiary/aromatic N) is 4. The van der Waals surface area contributed by atoms with Crippen LogP contribution in [-0.2, 0) is 4.87 Å². The van der Waals surface area contributed by atoms with E-state index in [0.29, 0.717) is 22.3 Å². The molecule has 2 heterocycles. The summed E-state index contributed by atoms with van der Waals surface area (Å²) in [7, 11) is 0. The van der Waals surface area contributed by atoms with E-state index in [9.17, 15) is 4.39 Å². The first kappa shape index (κ1) is 19.0. The lowest BCUT2D eigenvalue weighted by atomic mass is 10.0. The molecular weight excluding hydrogens is 393 g/mol. The van der Waals surface area contributed by atoms with Crippen LogP contribution >= 0.6 is 23.1 Å². The Labute approximate surface area is 171 Å². The predicted octanol–water partition coefficient (Wildman–Crippen LogP) is 4.49. The van der Waals surface area contributed by atoms with Gasteiger partial charge in [0.25, 0.3) is 0 Å². The average Bonchev–Trinajstić information content (AvgIpc) is 3.32. The zero-order chi connectivity index (χ0) is 19.6. The van der Waals surface area contributed by atoms with Crippen LogP contribution in [0.5, 0.6) is 0 Å². The van der Waals surface area contributed by atoms with Gasteiger partial charge in [0.05, 0.1) is 0 Å². The standard InChI is InChI=1S/C20H20FN5S2/c1-14-23-24-19(27-14)26-20(12-7-13-22,15-8-3-2-4-9-15)28-18(25-26)16-10-5-6-11-17(16)21/h2-6,8-11H,7,12-13,22H2,1H3. The molecule has 2 aromatic carbocycles. The number of aromatic nitrogens is 2. The Balaban J connectivity index is 1.87. The van der Waals surface area contributed by atoms with Crippen molar-refractivity contribution in [2.75, 3.05) is 11.6 Å². The first-order chi connectivity index (χ1) is 13.6. The van der Waals surface area contributed by atoms with Crippen LogP contribution in [0.25, 0.3) is 0 Å². The summed E-state index contributed by atoms with van der Waals surface area (Å²) in [6, 6.07) is 16.9. The van der Waals surface area contributed by atoms with E-state index < -0.39 is 4.87 Å². The molecule has 1 atom stereocenters. The third-order valence-electron chi connectivity index (χ3n) is 4.54. The normalized spacial score (nSPS) is 19.1. The lowest BCUT2D eigenvalue weighted by molar-refractivity contribution is 0.525. The number of benzene rings is 2. The first-order valence-electron chi connectivity index (χ1n) is 9.02. The van der Waals surface area contributed by atoms with E-state index in [2.05, 4.69) is 22.3 Å². The van der Waals surface area contributed by atoms with E-state index in [4.69, 9.17) is 10.8 Å². The molecule has 0 fully saturated rings. The van der Waals surface area contributed by atoms with Gasteiger partial charge in [-0.1, -0.05) is 65.6 Å². The van der Waals surface area contributed by atoms with Crippen molar-refractivity contribution in [2.45, 2.75) is 24.6 Å². The molecule has 1 aliphatic heterocycles. The second kappa shape index (κ2) is 7.98. The van der Waals surface area contributed by atoms with E-state index in [-0.39, 0.29) is 5.82 Å². The molecule has 0 spiro atoms. The summed E-state index contributed by atoms with van der Waals surface area (Å²) in [4.78, 5) is -0.551. The smallest absolute Gasteiger partial charge is 0.230 e. The van der Waals surface area contributed by atoms with Gasteiger partial charge in [-0.2, -0.15) is 5.10 Å². The Bertz CT molecular complexity index is 991. The number of hydrogen-bond acceptors (Lipinski definition) is 7. The lowest BCUT2D eigenvalue weighted by Gasteiger charge is -2.35. The molecular formula is C20H20FN5S2. The molecule has 0 aliphatic carbocycles. The second-order valence-electron chi connectivity index (χ2n) is 6.45. The minimum atomic E-state index is -0.551. The number of anilines is 1. The minimum Gasteiger partial charge on any atom is -0.330 e. The van der Waals surface area contributed by atoms with E-state index in [1.165, 1.54) is 17.4 Å². The van der Waals surface area contributed by atoms with E-state index >= 15 is 0 Å². The Morgan fingerprint density at radius 1 is 1.07 bits per heavy atom. The third-order valence-corrected chi connectivity index (χ3v) is 6.80. The van der Waals surface area contributed by atoms with Crippen LogP contribution in [-0.4, -0.2) is 21.8 Å². The number of hydrazone groups is 1. The second-order valence-corrected chi connectivity index (χ2v) is 8.87. The molecule has 8 heteroatoms. The number of aryl methyl sites for hydroxylation is 1. The van der Waals surface area contributed by atoms with Gasteiger partial charge in [-0.15, -0.1) is 10.2 Å². The van der Waals surface area contributed by atoms with Crippen molar-refractivity contribution in [3.8, 4) is 0 Å². The molecule has 0 radical (unpaired) electrons. The van der Waals surface area contributed by atoms with Crippen LogP contribution in [0.3, 0.4) is 0 Å². The van der Waals surface area contributed by atoms with Gasteiger partial charge in [0.2, 0.25) is 5.13 Å². The van der Waals surface area contributed by atoms with Gasteiger partial charge in [-0.3, -0.25) is 0 Å². The monoisotopic (exact) mass is 413 g/mol. The molecule has 0 saturated heterocycles. The fraction of sp³-hybridized carbons (Fsp3) is 0.250. The van der Waals surface area contributed by atoms with Crippen LogP contribution in [0.4, 0.5) is 9.52 Å². The molecule has 0 bridgehead atoms. The molecule has 0 amide bonds. The fourth-order valence-electron chi connectivity index (χ4n) is 3.23. The maximum atomic E-state index is 14.5.